The van der Waals surface area contributed by atoms with Crippen LogP contribution in [0.3, 0.4) is 0 Å². The Labute approximate surface area is 81.9 Å². The number of hydrogen-bond acceptors (Lipinski definition) is 3. The zero-order valence-corrected chi connectivity index (χ0v) is 8.94. The second-order valence-corrected chi connectivity index (χ2v) is 5.07. The summed E-state index contributed by atoms with van der Waals surface area (Å²) in [7, 11) is -0.670. The molecule has 1 atom stereocenters. The van der Waals surface area contributed by atoms with Crippen LogP contribution in [0, 0.1) is 0 Å². The van der Waals surface area contributed by atoms with Crippen molar-refractivity contribution in [1.82, 2.24) is 4.90 Å². The standard InChI is InChI=1S/C9H17NO2S/c1-13(12)8-2-5-10-6-3-9(11)4-7-10/h2-8H2,1H3. The number of hydrogen-bond donors (Lipinski definition) is 0. The highest BCUT2D eigenvalue weighted by atomic mass is 32.2. The van der Waals surface area contributed by atoms with Crippen molar-refractivity contribution >= 4 is 16.6 Å². The predicted molar refractivity (Wildman–Crippen MR) is 54.2 cm³/mol. The number of ketones is 1. The van der Waals surface area contributed by atoms with Crippen molar-refractivity contribution < 1.29 is 9.00 Å². The van der Waals surface area contributed by atoms with Crippen LogP contribution in [-0.4, -0.2) is 46.5 Å². The number of piperidine rings is 1. The number of nitrogens with zero attached hydrogens (tertiary/aromatic N) is 1. The van der Waals surface area contributed by atoms with Gasteiger partial charge in [0.05, 0.1) is 0 Å². The molecule has 0 N–H and O–H groups in total. The van der Waals surface area contributed by atoms with Crippen LogP contribution in [0.2, 0.25) is 0 Å². The van der Waals surface area contributed by atoms with Gasteiger partial charge in [-0.25, -0.2) is 0 Å². The molecule has 1 saturated heterocycles. The van der Waals surface area contributed by atoms with Gasteiger partial charge in [0.25, 0.3) is 0 Å². The van der Waals surface area contributed by atoms with E-state index < -0.39 is 10.8 Å². The van der Waals surface area contributed by atoms with Crippen LogP contribution in [0.4, 0.5) is 0 Å². The van der Waals surface area contributed by atoms with Gasteiger partial charge in [0.15, 0.2) is 0 Å². The number of Topliss-reactive ketones (excluding diaryl/α,β-unsaturated/α-hetero) is 1. The second kappa shape index (κ2) is 5.50. The Kier molecular flexibility index (Phi) is 4.59. The minimum absolute atomic E-state index is 0.385. The molecule has 0 spiro atoms. The third kappa shape index (κ3) is 4.52. The Morgan fingerprint density at radius 2 is 2.00 bits per heavy atom. The molecule has 1 aliphatic heterocycles. The first kappa shape index (κ1) is 10.9. The zero-order valence-electron chi connectivity index (χ0n) is 8.12. The van der Waals surface area contributed by atoms with Crippen LogP contribution in [0.15, 0.2) is 0 Å². The van der Waals surface area contributed by atoms with Crippen molar-refractivity contribution in [2.75, 3.05) is 31.6 Å². The van der Waals surface area contributed by atoms with Gasteiger partial charge >= 0.3 is 0 Å². The monoisotopic (exact) mass is 203 g/mol. The van der Waals surface area contributed by atoms with Gasteiger partial charge in [-0.1, -0.05) is 0 Å². The van der Waals surface area contributed by atoms with Crippen LogP contribution in [0.1, 0.15) is 19.3 Å². The van der Waals surface area contributed by atoms with E-state index in [1.54, 1.807) is 6.26 Å². The van der Waals surface area contributed by atoms with Crippen LogP contribution in [0.25, 0.3) is 0 Å². The fourth-order valence-electron chi connectivity index (χ4n) is 1.52. The largest absolute Gasteiger partial charge is 0.302 e. The van der Waals surface area contributed by atoms with Gasteiger partial charge in [0.1, 0.15) is 5.78 Å². The van der Waals surface area contributed by atoms with Gasteiger partial charge in [0, 0.05) is 48.7 Å². The predicted octanol–water partition coefficient (Wildman–Crippen LogP) is 0.420. The molecule has 0 radical (unpaired) electrons. The molecule has 0 saturated carbocycles. The van der Waals surface area contributed by atoms with Crippen LogP contribution in [-0.2, 0) is 15.6 Å². The van der Waals surface area contributed by atoms with E-state index in [2.05, 4.69) is 4.90 Å². The first-order valence-electron chi connectivity index (χ1n) is 4.72. The number of carbonyl (C=O) groups excluding carboxylic acids is 1. The van der Waals surface area contributed by atoms with Crippen molar-refractivity contribution in [2.45, 2.75) is 19.3 Å². The first-order valence-corrected chi connectivity index (χ1v) is 6.45. The summed E-state index contributed by atoms with van der Waals surface area (Å²) in [6.45, 7) is 2.79. The molecule has 1 fully saturated rings. The highest BCUT2D eigenvalue weighted by Gasteiger charge is 2.14. The third-order valence-corrected chi connectivity index (χ3v) is 3.18. The molecule has 1 unspecified atom stereocenters. The Morgan fingerprint density at radius 1 is 1.38 bits per heavy atom. The van der Waals surface area contributed by atoms with Gasteiger partial charge in [-0.05, 0) is 13.0 Å². The second-order valence-electron chi connectivity index (χ2n) is 3.51. The lowest BCUT2D eigenvalue weighted by molar-refractivity contribution is -0.121. The maximum Gasteiger partial charge on any atom is 0.135 e. The SMILES string of the molecule is CS(=O)CCCN1CCC(=O)CC1. The maximum absolute atomic E-state index is 10.9. The summed E-state index contributed by atoms with van der Waals surface area (Å²) in [6.07, 6.45) is 4.13. The van der Waals surface area contributed by atoms with Crippen LogP contribution >= 0.6 is 0 Å². The van der Waals surface area contributed by atoms with Gasteiger partial charge in [0.2, 0.25) is 0 Å². The summed E-state index contributed by atoms with van der Waals surface area (Å²) < 4.78 is 10.8. The van der Waals surface area contributed by atoms with E-state index in [-0.39, 0.29) is 0 Å². The number of carbonyl (C=O) groups is 1. The molecular formula is C9H17NO2S. The topological polar surface area (TPSA) is 37.4 Å². The smallest absolute Gasteiger partial charge is 0.135 e. The molecular weight excluding hydrogens is 186 g/mol. The van der Waals surface area contributed by atoms with Crippen molar-refractivity contribution in [3.8, 4) is 0 Å². The molecule has 3 nitrogen and oxygen atoms in total. The molecule has 0 aromatic carbocycles. The fraction of sp³-hybridized carbons (Fsp3) is 0.889. The van der Waals surface area contributed by atoms with Crippen molar-refractivity contribution in [2.24, 2.45) is 0 Å². The molecule has 1 aliphatic rings. The maximum atomic E-state index is 10.9. The van der Waals surface area contributed by atoms with Crippen molar-refractivity contribution in [3.05, 3.63) is 0 Å². The Bertz CT molecular complexity index is 196. The summed E-state index contributed by atoms with van der Waals surface area (Å²) >= 11 is 0. The zero-order chi connectivity index (χ0) is 9.68. The molecule has 13 heavy (non-hydrogen) atoms. The Balaban J connectivity index is 2.09. The first-order chi connectivity index (χ1) is 6.18. The minimum atomic E-state index is -0.670. The summed E-state index contributed by atoms with van der Waals surface area (Å²) in [5.41, 5.74) is 0. The highest BCUT2D eigenvalue weighted by molar-refractivity contribution is 7.84. The third-order valence-electron chi connectivity index (χ3n) is 2.32. The molecule has 0 aromatic rings. The Morgan fingerprint density at radius 3 is 2.54 bits per heavy atom. The summed E-state index contributed by atoms with van der Waals surface area (Å²) in [5, 5.41) is 0. The molecule has 1 heterocycles. The molecule has 0 amide bonds. The number of rotatable bonds is 4. The average Bonchev–Trinajstić information content (AvgIpc) is 2.08. The summed E-state index contributed by atoms with van der Waals surface area (Å²) in [6, 6.07) is 0. The van der Waals surface area contributed by atoms with E-state index in [1.807, 2.05) is 0 Å². The molecule has 0 bridgehead atoms. The van der Waals surface area contributed by atoms with Gasteiger partial charge in [-0.3, -0.25) is 9.00 Å². The molecule has 4 heteroatoms. The number of likely N-dealkylation sites (tertiary alicyclic amines) is 1. The van der Waals surface area contributed by atoms with E-state index >= 15 is 0 Å². The minimum Gasteiger partial charge on any atom is -0.302 e. The lowest BCUT2D eigenvalue weighted by atomic mass is 10.1. The van der Waals surface area contributed by atoms with Gasteiger partial charge < -0.3 is 4.90 Å². The summed E-state index contributed by atoms with van der Waals surface area (Å²) in [4.78, 5) is 13.2. The van der Waals surface area contributed by atoms with Crippen LogP contribution in [0.5, 0.6) is 0 Å². The van der Waals surface area contributed by atoms with E-state index in [0.717, 1.165) is 31.8 Å². The normalized spacial score (nSPS) is 21.8. The lowest BCUT2D eigenvalue weighted by Gasteiger charge is -2.25. The Hall–Kier alpha value is -0.220. The van der Waals surface area contributed by atoms with Crippen LogP contribution < -0.4 is 0 Å². The van der Waals surface area contributed by atoms with Gasteiger partial charge in [-0.15, -0.1) is 0 Å². The summed E-state index contributed by atoms with van der Waals surface area (Å²) in [5.74, 6) is 1.17. The molecule has 0 aromatic heterocycles. The quantitative estimate of drug-likeness (QED) is 0.664. The molecule has 76 valence electrons. The lowest BCUT2D eigenvalue weighted by Crippen LogP contribution is -2.34. The van der Waals surface area contributed by atoms with E-state index in [0.29, 0.717) is 18.6 Å². The fourth-order valence-corrected chi connectivity index (χ4v) is 2.05. The highest BCUT2D eigenvalue weighted by Crippen LogP contribution is 2.05. The van der Waals surface area contributed by atoms with E-state index in [4.69, 9.17) is 0 Å². The molecule has 0 aliphatic carbocycles. The molecule has 1 rings (SSSR count). The van der Waals surface area contributed by atoms with E-state index in [9.17, 15) is 9.00 Å². The van der Waals surface area contributed by atoms with Crippen molar-refractivity contribution in [3.63, 3.8) is 0 Å². The van der Waals surface area contributed by atoms with E-state index in [1.165, 1.54) is 0 Å². The van der Waals surface area contributed by atoms with Gasteiger partial charge in [-0.2, -0.15) is 0 Å². The van der Waals surface area contributed by atoms with Crippen molar-refractivity contribution in [1.29, 1.82) is 0 Å². The average molecular weight is 203 g/mol.